The minimum atomic E-state index is -0.208. The molecular formula is C16H19N3O2S. The maximum absolute atomic E-state index is 12.9. The van der Waals surface area contributed by atoms with Gasteiger partial charge in [0, 0.05) is 18.8 Å². The molecule has 116 valence electrons. The zero-order chi connectivity index (χ0) is 15.5. The monoisotopic (exact) mass is 317 g/mol. The maximum Gasteiger partial charge on any atom is 0.331 e. The summed E-state index contributed by atoms with van der Waals surface area (Å²) in [5.41, 5.74) is 6.63. The highest BCUT2D eigenvalue weighted by Gasteiger charge is 2.22. The lowest BCUT2D eigenvalue weighted by atomic mass is 10.1. The van der Waals surface area contributed by atoms with Crippen LogP contribution in [-0.2, 0) is 13.1 Å². The first-order valence-electron chi connectivity index (χ1n) is 7.50. The summed E-state index contributed by atoms with van der Waals surface area (Å²) in [4.78, 5) is 25.5. The van der Waals surface area contributed by atoms with Crippen molar-refractivity contribution in [3.63, 3.8) is 0 Å². The Hall–Kier alpha value is -1.79. The van der Waals surface area contributed by atoms with Crippen molar-refractivity contribution < 1.29 is 0 Å². The predicted molar refractivity (Wildman–Crippen MR) is 89.4 cm³/mol. The van der Waals surface area contributed by atoms with E-state index >= 15 is 0 Å². The van der Waals surface area contributed by atoms with Crippen LogP contribution in [0.25, 0.3) is 11.1 Å². The van der Waals surface area contributed by atoms with E-state index < -0.39 is 0 Å². The van der Waals surface area contributed by atoms with Gasteiger partial charge in [0.15, 0.2) is 0 Å². The molecule has 1 aromatic heterocycles. The number of fused-ring (bicyclic) bond motifs is 1. The second-order valence-corrected chi connectivity index (χ2v) is 6.37. The van der Waals surface area contributed by atoms with Crippen LogP contribution in [0.3, 0.4) is 0 Å². The molecule has 0 fully saturated rings. The normalized spacial score (nSPS) is 13.9. The molecule has 0 spiro atoms. The SMILES string of the molecule is NCCCn1c(=O)c(-c2ccccc2)c2n(c1=O)CCCS2. The fourth-order valence-electron chi connectivity index (χ4n) is 2.72. The maximum atomic E-state index is 12.9. The van der Waals surface area contributed by atoms with Crippen molar-refractivity contribution in [3.05, 3.63) is 51.2 Å². The van der Waals surface area contributed by atoms with Gasteiger partial charge in [-0.05, 0) is 24.9 Å². The van der Waals surface area contributed by atoms with Crippen LogP contribution in [0.4, 0.5) is 0 Å². The fourth-order valence-corrected chi connectivity index (χ4v) is 3.86. The molecule has 5 nitrogen and oxygen atoms in total. The van der Waals surface area contributed by atoms with Crippen molar-refractivity contribution in [2.75, 3.05) is 12.3 Å². The molecule has 0 amide bonds. The third-order valence-electron chi connectivity index (χ3n) is 3.79. The van der Waals surface area contributed by atoms with Crippen molar-refractivity contribution in [2.45, 2.75) is 31.0 Å². The Morgan fingerprint density at radius 2 is 1.95 bits per heavy atom. The van der Waals surface area contributed by atoms with Gasteiger partial charge in [-0.15, -0.1) is 11.8 Å². The van der Waals surface area contributed by atoms with E-state index in [1.165, 1.54) is 4.57 Å². The van der Waals surface area contributed by atoms with E-state index in [9.17, 15) is 9.59 Å². The molecular weight excluding hydrogens is 298 g/mol. The largest absolute Gasteiger partial charge is 0.331 e. The molecule has 22 heavy (non-hydrogen) atoms. The van der Waals surface area contributed by atoms with Gasteiger partial charge in [-0.25, -0.2) is 4.79 Å². The molecule has 2 N–H and O–H groups in total. The van der Waals surface area contributed by atoms with Crippen molar-refractivity contribution in [1.29, 1.82) is 0 Å². The third-order valence-corrected chi connectivity index (χ3v) is 4.98. The Morgan fingerprint density at radius 1 is 1.18 bits per heavy atom. The number of hydrogen-bond donors (Lipinski definition) is 1. The summed E-state index contributed by atoms with van der Waals surface area (Å²) in [5.74, 6) is 0.936. The van der Waals surface area contributed by atoms with E-state index in [4.69, 9.17) is 5.73 Å². The molecule has 1 aromatic carbocycles. The van der Waals surface area contributed by atoms with Gasteiger partial charge in [0.25, 0.3) is 5.56 Å². The van der Waals surface area contributed by atoms with E-state index in [0.29, 0.717) is 31.6 Å². The molecule has 0 saturated heterocycles. The number of benzene rings is 1. The second kappa shape index (κ2) is 6.54. The van der Waals surface area contributed by atoms with Gasteiger partial charge in [-0.2, -0.15) is 0 Å². The van der Waals surface area contributed by atoms with Crippen molar-refractivity contribution >= 4 is 11.8 Å². The molecule has 0 aliphatic carbocycles. The van der Waals surface area contributed by atoms with E-state index in [2.05, 4.69) is 0 Å². The lowest BCUT2D eigenvalue weighted by Crippen LogP contribution is -2.43. The van der Waals surface area contributed by atoms with Crippen LogP contribution >= 0.6 is 11.8 Å². The number of aromatic nitrogens is 2. The zero-order valence-electron chi connectivity index (χ0n) is 12.3. The number of thioether (sulfide) groups is 1. The van der Waals surface area contributed by atoms with E-state index in [1.54, 1.807) is 16.3 Å². The summed E-state index contributed by atoms with van der Waals surface area (Å²) < 4.78 is 3.08. The van der Waals surface area contributed by atoms with Gasteiger partial charge in [-0.1, -0.05) is 30.3 Å². The van der Waals surface area contributed by atoms with Crippen molar-refractivity contribution in [1.82, 2.24) is 9.13 Å². The summed E-state index contributed by atoms with van der Waals surface area (Å²) in [7, 11) is 0. The summed E-state index contributed by atoms with van der Waals surface area (Å²) in [6, 6.07) is 9.59. The molecule has 1 aliphatic heterocycles. The highest BCUT2D eigenvalue weighted by molar-refractivity contribution is 7.99. The highest BCUT2D eigenvalue weighted by atomic mass is 32.2. The highest BCUT2D eigenvalue weighted by Crippen LogP contribution is 2.31. The molecule has 3 rings (SSSR count). The van der Waals surface area contributed by atoms with Crippen LogP contribution in [0, 0.1) is 0 Å². The number of nitrogens with two attached hydrogens (primary N) is 1. The van der Waals surface area contributed by atoms with Crippen LogP contribution in [0.15, 0.2) is 44.9 Å². The van der Waals surface area contributed by atoms with Crippen LogP contribution in [0.2, 0.25) is 0 Å². The molecule has 0 saturated carbocycles. The molecule has 2 heterocycles. The van der Waals surface area contributed by atoms with Crippen LogP contribution in [-0.4, -0.2) is 21.4 Å². The number of rotatable bonds is 4. The quantitative estimate of drug-likeness (QED) is 0.868. The lowest BCUT2D eigenvalue weighted by molar-refractivity contribution is 0.500. The van der Waals surface area contributed by atoms with E-state index in [1.807, 2.05) is 30.3 Å². The first kappa shape index (κ1) is 15.1. The Bertz CT molecular complexity index is 780. The third kappa shape index (κ3) is 2.64. The Labute approximate surface area is 132 Å². The first-order chi connectivity index (χ1) is 10.7. The smallest absolute Gasteiger partial charge is 0.330 e. The van der Waals surface area contributed by atoms with Gasteiger partial charge in [0.2, 0.25) is 0 Å². The molecule has 6 heteroatoms. The Morgan fingerprint density at radius 3 is 2.68 bits per heavy atom. The van der Waals surface area contributed by atoms with Gasteiger partial charge in [0.05, 0.1) is 10.6 Å². The van der Waals surface area contributed by atoms with Gasteiger partial charge < -0.3 is 5.73 Å². The topological polar surface area (TPSA) is 70.0 Å². The molecule has 2 aromatic rings. The summed E-state index contributed by atoms with van der Waals surface area (Å²) in [6.45, 7) is 1.51. The molecule has 0 bridgehead atoms. The number of hydrogen-bond acceptors (Lipinski definition) is 4. The average Bonchev–Trinajstić information content (AvgIpc) is 2.56. The standard InChI is InChI=1S/C16H19N3O2S/c17-8-4-9-18-14(20)13(12-6-2-1-3-7-12)15-19(16(18)21)10-5-11-22-15/h1-3,6-7H,4-5,8-11,17H2. The minimum Gasteiger partial charge on any atom is -0.330 e. The van der Waals surface area contributed by atoms with Crippen LogP contribution in [0.1, 0.15) is 12.8 Å². The lowest BCUT2D eigenvalue weighted by Gasteiger charge is -2.22. The molecule has 0 atom stereocenters. The number of nitrogens with zero attached hydrogens (tertiary/aromatic N) is 2. The summed E-state index contributed by atoms with van der Waals surface area (Å²) in [5, 5.41) is 0.802. The summed E-state index contributed by atoms with van der Waals surface area (Å²) >= 11 is 1.60. The second-order valence-electron chi connectivity index (χ2n) is 5.28. The fraction of sp³-hybridized carbons (Fsp3) is 0.375. The van der Waals surface area contributed by atoms with Crippen molar-refractivity contribution in [3.8, 4) is 11.1 Å². The molecule has 0 unspecified atom stereocenters. The van der Waals surface area contributed by atoms with E-state index in [-0.39, 0.29) is 11.2 Å². The zero-order valence-corrected chi connectivity index (χ0v) is 13.1. The molecule has 1 aliphatic rings. The molecule has 0 radical (unpaired) electrons. The van der Waals surface area contributed by atoms with Crippen LogP contribution in [0.5, 0.6) is 0 Å². The van der Waals surface area contributed by atoms with Crippen LogP contribution < -0.4 is 17.0 Å². The van der Waals surface area contributed by atoms with Gasteiger partial charge in [0.1, 0.15) is 0 Å². The van der Waals surface area contributed by atoms with Crippen molar-refractivity contribution in [2.24, 2.45) is 5.73 Å². The first-order valence-corrected chi connectivity index (χ1v) is 8.48. The minimum absolute atomic E-state index is 0.203. The van der Waals surface area contributed by atoms with E-state index in [0.717, 1.165) is 22.8 Å². The van der Waals surface area contributed by atoms with Gasteiger partial charge in [-0.3, -0.25) is 13.9 Å². The summed E-state index contributed by atoms with van der Waals surface area (Å²) in [6.07, 6.45) is 1.57. The van der Waals surface area contributed by atoms with Gasteiger partial charge >= 0.3 is 5.69 Å². The predicted octanol–water partition coefficient (Wildman–Crippen LogP) is 1.52. The Kier molecular flexibility index (Phi) is 4.49. The Balaban J connectivity index is 2.28. The average molecular weight is 317 g/mol.